The van der Waals surface area contributed by atoms with Gasteiger partial charge in [-0.1, -0.05) is 0 Å². The van der Waals surface area contributed by atoms with Crippen molar-refractivity contribution in [1.82, 2.24) is 5.32 Å². The fraction of sp³-hybridized carbons (Fsp3) is 1.00. The smallest absolute Gasteiger partial charge is 0.0939 e. The van der Waals surface area contributed by atoms with E-state index in [4.69, 9.17) is 9.47 Å². The van der Waals surface area contributed by atoms with Crippen LogP contribution < -0.4 is 5.32 Å². The Morgan fingerprint density at radius 3 is 2.83 bits per heavy atom. The molecule has 0 aromatic rings. The molecule has 3 nitrogen and oxygen atoms in total. The van der Waals surface area contributed by atoms with Crippen LogP contribution in [-0.2, 0) is 9.47 Å². The van der Waals surface area contributed by atoms with Crippen LogP contribution in [-0.4, -0.2) is 38.5 Å². The highest BCUT2D eigenvalue weighted by atomic mass is 16.6. The molecule has 1 saturated carbocycles. The molecule has 0 bridgehead atoms. The Kier molecular flexibility index (Phi) is 3.92. The number of ether oxygens (including phenoxy) is 2. The van der Waals surface area contributed by atoms with E-state index in [1.165, 1.54) is 38.5 Å². The number of rotatable bonds is 5. The van der Waals surface area contributed by atoms with Gasteiger partial charge in [-0.3, -0.25) is 0 Å². The first-order chi connectivity index (χ1) is 8.81. The van der Waals surface area contributed by atoms with Gasteiger partial charge in [-0.25, -0.2) is 0 Å². The van der Waals surface area contributed by atoms with Crippen molar-refractivity contribution >= 4 is 0 Å². The molecule has 3 rings (SSSR count). The summed E-state index contributed by atoms with van der Waals surface area (Å²) in [7, 11) is 2.12. The topological polar surface area (TPSA) is 30.5 Å². The van der Waals surface area contributed by atoms with Crippen molar-refractivity contribution in [2.24, 2.45) is 11.8 Å². The first-order valence-electron chi connectivity index (χ1n) is 7.70. The van der Waals surface area contributed by atoms with Crippen molar-refractivity contribution in [1.29, 1.82) is 0 Å². The second-order valence-corrected chi connectivity index (χ2v) is 6.50. The molecule has 18 heavy (non-hydrogen) atoms. The molecule has 2 aliphatic heterocycles. The number of hydrogen-bond donors (Lipinski definition) is 1. The number of nitrogens with one attached hydrogen (secondary N) is 1. The van der Waals surface area contributed by atoms with E-state index in [1.807, 2.05) is 0 Å². The van der Waals surface area contributed by atoms with E-state index < -0.39 is 0 Å². The predicted octanol–water partition coefficient (Wildman–Crippen LogP) is 2.35. The first kappa shape index (κ1) is 12.9. The van der Waals surface area contributed by atoms with E-state index in [2.05, 4.69) is 12.4 Å². The summed E-state index contributed by atoms with van der Waals surface area (Å²) in [6.45, 7) is 2.68. The van der Waals surface area contributed by atoms with Crippen LogP contribution in [0.1, 0.15) is 44.9 Å². The SMILES string of the molecule is CNC(CCC1CCOC2(CCOC2)C1)C1CC1. The standard InChI is InChI=1S/C15H27NO2/c1-16-14(13-3-4-13)5-2-12-6-8-18-15(10-12)7-9-17-11-15/h12-14,16H,2-11H2,1H3. The maximum absolute atomic E-state index is 6.01. The van der Waals surface area contributed by atoms with Gasteiger partial charge in [0.15, 0.2) is 0 Å². The van der Waals surface area contributed by atoms with Crippen LogP contribution in [0.15, 0.2) is 0 Å². The molecule has 2 heterocycles. The van der Waals surface area contributed by atoms with Gasteiger partial charge in [-0.05, 0) is 57.4 Å². The third-order valence-electron chi connectivity index (χ3n) is 5.11. The Hall–Kier alpha value is -0.120. The van der Waals surface area contributed by atoms with Crippen molar-refractivity contribution in [3.63, 3.8) is 0 Å². The summed E-state index contributed by atoms with van der Waals surface area (Å²) in [6.07, 6.45) is 9.20. The summed E-state index contributed by atoms with van der Waals surface area (Å²) in [5, 5.41) is 3.51. The zero-order valence-electron chi connectivity index (χ0n) is 11.6. The predicted molar refractivity (Wildman–Crippen MR) is 71.6 cm³/mol. The average molecular weight is 253 g/mol. The second-order valence-electron chi connectivity index (χ2n) is 6.50. The van der Waals surface area contributed by atoms with Crippen LogP contribution in [0.3, 0.4) is 0 Å². The van der Waals surface area contributed by atoms with Crippen molar-refractivity contribution in [2.75, 3.05) is 26.9 Å². The summed E-state index contributed by atoms with van der Waals surface area (Å²) in [4.78, 5) is 0. The zero-order valence-corrected chi connectivity index (χ0v) is 11.6. The normalized spacial score (nSPS) is 38.2. The maximum atomic E-state index is 6.01. The Labute approximate surface area is 111 Å². The van der Waals surface area contributed by atoms with E-state index in [0.717, 1.165) is 44.1 Å². The molecule has 3 fully saturated rings. The molecule has 2 saturated heterocycles. The summed E-state index contributed by atoms with van der Waals surface area (Å²) in [6, 6.07) is 0.767. The third kappa shape index (κ3) is 2.89. The minimum atomic E-state index is 0.0949. The van der Waals surface area contributed by atoms with Crippen LogP contribution in [0.2, 0.25) is 0 Å². The Morgan fingerprint density at radius 1 is 1.28 bits per heavy atom. The molecule has 0 radical (unpaired) electrons. The van der Waals surface area contributed by atoms with Gasteiger partial charge in [-0.2, -0.15) is 0 Å². The van der Waals surface area contributed by atoms with Crippen LogP contribution in [0.4, 0.5) is 0 Å². The van der Waals surface area contributed by atoms with E-state index in [1.54, 1.807) is 0 Å². The molecule has 0 amide bonds. The number of hydrogen-bond acceptors (Lipinski definition) is 3. The van der Waals surface area contributed by atoms with E-state index in [0.29, 0.717) is 0 Å². The molecule has 1 aliphatic carbocycles. The minimum Gasteiger partial charge on any atom is -0.378 e. The van der Waals surface area contributed by atoms with Gasteiger partial charge >= 0.3 is 0 Å². The fourth-order valence-corrected chi connectivity index (χ4v) is 3.77. The van der Waals surface area contributed by atoms with Gasteiger partial charge in [-0.15, -0.1) is 0 Å². The zero-order chi connectivity index (χ0) is 12.4. The van der Waals surface area contributed by atoms with E-state index in [9.17, 15) is 0 Å². The Balaban J connectivity index is 1.47. The molecular weight excluding hydrogens is 226 g/mol. The maximum Gasteiger partial charge on any atom is 0.0939 e. The first-order valence-corrected chi connectivity index (χ1v) is 7.70. The van der Waals surface area contributed by atoms with Crippen LogP contribution >= 0.6 is 0 Å². The quantitative estimate of drug-likeness (QED) is 0.816. The Bertz CT molecular complexity index is 272. The molecule has 3 aliphatic rings. The molecule has 3 unspecified atom stereocenters. The fourth-order valence-electron chi connectivity index (χ4n) is 3.77. The van der Waals surface area contributed by atoms with Crippen molar-refractivity contribution in [2.45, 2.75) is 56.6 Å². The van der Waals surface area contributed by atoms with Crippen molar-refractivity contribution < 1.29 is 9.47 Å². The van der Waals surface area contributed by atoms with Gasteiger partial charge in [0.2, 0.25) is 0 Å². The molecule has 1 N–H and O–H groups in total. The second kappa shape index (κ2) is 5.48. The molecule has 0 aromatic carbocycles. The lowest BCUT2D eigenvalue weighted by Gasteiger charge is -2.37. The Morgan fingerprint density at radius 2 is 2.17 bits per heavy atom. The monoisotopic (exact) mass is 253 g/mol. The highest BCUT2D eigenvalue weighted by molar-refractivity contribution is 4.91. The van der Waals surface area contributed by atoms with Crippen LogP contribution in [0.5, 0.6) is 0 Å². The molecule has 104 valence electrons. The lowest BCUT2D eigenvalue weighted by molar-refractivity contribution is -0.0992. The highest BCUT2D eigenvalue weighted by Crippen LogP contribution is 2.39. The van der Waals surface area contributed by atoms with Crippen molar-refractivity contribution in [3.05, 3.63) is 0 Å². The molecule has 1 spiro atoms. The molecule has 3 heteroatoms. The van der Waals surface area contributed by atoms with Gasteiger partial charge in [0.1, 0.15) is 0 Å². The lowest BCUT2D eigenvalue weighted by atomic mass is 9.82. The van der Waals surface area contributed by atoms with Gasteiger partial charge < -0.3 is 14.8 Å². The van der Waals surface area contributed by atoms with Crippen molar-refractivity contribution in [3.8, 4) is 0 Å². The van der Waals surface area contributed by atoms with E-state index >= 15 is 0 Å². The van der Waals surface area contributed by atoms with Crippen LogP contribution in [0.25, 0.3) is 0 Å². The molecule has 0 aromatic heterocycles. The van der Waals surface area contributed by atoms with Gasteiger partial charge in [0.05, 0.1) is 12.2 Å². The molecule has 3 atom stereocenters. The van der Waals surface area contributed by atoms with Crippen LogP contribution in [0, 0.1) is 11.8 Å². The summed E-state index contributed by atoms with van der Waals surface area (Å²) in [5.41, 5.74) is 0.0949. The summed E-state index contributed by atoms with van der Waals surface area (Å²) < 4.78 is 11.6. The third-order valence-corrected chi connectivity index (χ3v) is 5.11. The summed E-state index contributed by atoms with van der Waals surface area (Å²) in [5.74, 6) is 1.83. The lowest BCUT2D eigenvalue weighted by Crippen LogP contribution is -2.40. The minimum absolute atomic E-state index is 0.0949. The average Bonchev–Trinajstić information content (AvgIpc) is 3.13. The van der Waals surface area contributed by atoms with E-state index in [-0.39, 0.29) is 5.60 Å². The largest absolute Gasteiger partial charge is 0.378 e. The van der Waals surface area contributed by atoms with Gasteiger partial charge in [0, 0.05) is 25.7 Å². The molecular formula is C15H27NO2. The highest BCUT2D eigenvalue weighted by Gasteiger charge is 2.41. The summed E-state index contributed by atoms with van der Waals surface area (Å²) >= 11 is 0. The van der Waals surface area contributed by atoms with Gasteiger partial charge in [0.25, 0.3) is 0 Å².